The predicted octanol–water partition coefficient (Wildman–Crippen LogP) is -0.300. The van der Waals surface area contributed by atoms with Crippen molar-refractivity contribution < 1.29 is 25.4 Å². The third kappa shape index (κ3) is 1.33. The zero-order valence-corrected chi connectivity index (χ0v) is 9.50. The van der Waals surface area contributed by atoms with Gasteiger partial charge in [-0.05, 0) is 62.2 Å². The van der Waals surface area contributed by atoms with E-state index in [0.717, 1.165) is 18.3 Å². The van der Waals surface area contributed by atoms with Gasteiger partial charge in [0.15, 0.2) is 0 Å². The van der Waals surface area contributed by atoms with Crippen LogP contribution >= 0.6 is 0 Å². The first-order chi connectivity index (χ1) is 6.22. The third-order valence-electron chi connectivity index (χ3n) is 5.12. The summed E-state index contributed by atoms with van der Waals surface area (Å²) in [6.45, 7) is 2.17. The molecule has 14 heavy (non-hydrogen) atoms. The second kappa shape index (κ2) is 3.54. The first-order valence-electron chi connectivity index (χ1n) is 5.94. The van der Waals surface area contributed by atoms with Crippen molar-refractivity contribution in [2.75, 3.05) is 0 Å². The van der Waals surface area contributed by atoms with E-state index >= 15 is 0 Å². The Hall–Kier alpha value is 0.557. The normalized spacial score (nSPS) is 54.4. The standard InChI is InChI=1S/C12H20O.Li.H/c1-2-12(13)10-4-8-3-9(6-10)7-11(12)5-8;;/h8-11,13H,2-7H2,1H3;;/q;+1;-1. The van der Waals surface area contributed by atoms with Gasteiger partial charge < -0.3 is 6.53 Å². The number of rotatable bonds is 1. The van der Waals surface area contributed by atoms with Crippen LogP contribution in [0.5, 0.6) is 0 Å². The Balaban J connectivity index is 0.000000562. The predicted molar refractivity (Wildman–Crippen MR) is 53.4 cm³/mol. The van der Waals surface area contributed by atoms with E-state index in [9.17, 15) is 5.11 Å². The molecule has 0 radical (unpaired) electrons. The molecule has 4 bridgehead atoms. The summed E-state index contributed by atoms with van der Waals surface area (Å²) in [7, 11) is 0. The van der Waals surface area contributed by atoms with Gasteiger partial charge in [0.25, 0.3) is 0 Å². The molecular formula is C12H21LiO. The number of hydrogen-bond donors (Lipinski definition) is 1. The van der Waals surface area contributed by atoms with Crippen LogP contribution in [0.4, 0.5) is 0 Å². The van der Waals surface area contributed by atoms with Gasteiger partial charge >= 0.3 is 18.9 Å². The van der Waals surface area contributed by atoms with Crippen LogP contribution < -0.4 is 18.9 Å². The van der Waals surface area contributed by atoms with E-state index in [2.05, 4.69) is 6.92 Å². The zero-order valence-electron chi connectivity index (χ0n) is 10.5. The second-order valence-corrected chi connectivity index (χ2v) is 5.65. The molecule has 1 N–H and O–H groups in total. The van der Waals surface area contributed by atoms with Gasteiger partial charge in [0.2, 0.25) is 0 Å². The first kappa shape index (κ1) is 11.1. The average Bonchev–Trinajstić information content (AvgIpc) is 2.13. The Bertz CT molecular complexity index is 204. The zero-order chi connectivity index (χ0) is 9.05. The minimum Gasteiger partial charge on any atom is -1.00 e. The molecule has 0 saturated heterocycles. The molecule has 0 heterocycles. The van der Waals surface area contributed by atoms with Crippen LogP contribution in [-0.2, 0) is 0 Å². The molecule has 0 aromatic heterocycles. The molecule has 76 valence electrons. The summed E-state index contributed by atoms with van der Waals surface area (Å²) in [6, 6.07) is 0. The van der Waals surface area contributed by atoms with Crippen molar-refractivity contribution in [3.63, 3.8) is 0 Å². The van der Waals surface area contributed by atoms with Crippen molar-refractivity contribution in [1.29, 1.82) is 0 Å². The van der Waals surface area contributed by atoms with E-state index in [1.807, 2.05) is 0 Å². The van der Waals surface area contributed by atoms with Crippen molar-refractivity contribution in [1.82, 2.24) is 0 Å². The molecule has 0 aromatic carbocycles. The van der Waals surface area contributed by atoms with Crippen LogP contribution in [0, 0.1) is 23.7 Å². The van der Waals surface area contributed by atoms with Crippen LogP contribution in [0.2, 0.25) is 0 Å². The van der Waals surface area contributed by atoms with Crippen LogP contribution in [0.1, 0.15) is 46.9 Å². The van der Waals surface area contributed by atoms with Gasteiger partial charge in [0.05, 0.1) is 5.60 Å². The molecule has 0 atom stereocenters. The molecule has 4 rings (SSSR count). The van der Waals surface area contributed by atoms with Gasteiger partial charge in [-0.1, -0.05) is 6.92 Å². The van der Waals surface area contributed by atoms with Gasteiger partial charge in [-0.2, -0.15) is 0 Å². The Morgan fingerprint density at radius 3 is 1.86 bits per heavy atom. The van der Waals surface area contributed by atoms with Crippen molar-refractivity contribution in [3.05, 3.63) is 0 Å². The maximum absolute atomic E-state index is 10.6. The quantitative estimate of drug-likeness (QED) is 0.560. The molecule has 0 unspecified atom stereocenters. The van der Waals surface area contributed by atoms with Crippen molar-refractivity contribution >= 4 is 0 Å². The molecule has 2 heteroatoms. The summed E-state index contributed by atoms with van der Waals surface area (Å²) in [5, 5.41) is 10.6. The summed E-state index contributed by atoms with van der Waals surface area (Å²) in [5.41, 5.74) is -0.257. The summed E-state index contributed by atoms with van der Waals surface area (Å²) < 4.78 is 0. The van der Waals surface area contributed by atoms with Crippen LogP contribution in [-0.4, -0.2) is 10.7 Å². The SMILES string of the molecule is CCC1(O)C2CC3CC(C2)CC1C3.[H-].[Li+]. The van der Waals surface area contributed by atoms with Crippen molar-refractivity contribution in [2.24, 2.45) is 23.7 Å². The molecule has 4 aliphatic rings. The minimum absolute atomic E-state index is 0. The number of hydrogen-bond acceptors (Lipinski definition) is 1. The Morgan fingerprint density at radius 2 is 1.50 bits per heavy atom. The molecule has 0 spiro atoms. The molecule has 4 aliphatic carbocycles. The van der Waals surface area contributed by atoms with Crippen LogP contribution in [0.25, 0.3) is 0 Å². The summed E-state index contributed by atoms with van der Waals surface area (Å²) in [6.07, 6.45) is 7.79. The van der Waals surface area contributed by atoms with E-state index in [1.165, 1.54) is 32.1 Å². The first-order valence-corrected chi connectivity index (χ1v) is 5.94. The molecule has 0 amide bonds. The third-order valence-corrected chi connectivity index (χ3v) is 5.12. The fourth-order valence-electron chi connectivity index (χ4n) is 4.58. The summed E-state index contributed by atoms with van der Waals surface area (Å²) >= 11 is 0. The molecule has 0 aliphatic heterocycles. The molecular weight excluding hydrogens is 167 g/mol. The van der Waals surface area contributed by atoms with Crippen LogP contribution in [0.15, 0.2) is 0 Å². The van der Waals surface area contributed by atoms with E-state index in [0.29, 0.717) is 11.8 Å². The Labute approximate surface area is 100 Å². The molecule has 0 aromatic rings. The fourth-order valence-corrected chi connectivity index (χ4v) is 4.58. The van der Waals surface area contributed by atoms with Crippen molar-refractivity contribution in [2.45, 2.75) is 51.0 Å². The molecule has 4 saturated carbocycles. The molecule has 4 fully saturated rings. The second-order valence-electron chi connectivity index (χ2n) is 5.65. The van der Waals surface area contributed by atoms with Gasteiger partial charge in [-0.3, -0.25) is 0 Å². The van der Waals surface area contributed by atoms with Gasteiger partial charge in [-0.15, -0.1) is 0 Å². The fraction of sp³-hybridized carbons (Fsp3) is 1.00. The smallest absolute Gasteiger partial charge is 1.00 e. The van der Waals surface area contributed by atoms with E-state index in [4.69, 9.17) is 0 Å². The maximum atomic E-state index is 10.6. The molecule has 1 nitrogen and oxygen atoms in total. The van der Waals surface area contributed by atoms with Gasteiger partial charge in [0, 0.05) is 0 Å². The van der Waals surface area contributed by atoms with Crippen molar-refractivity contribution in [3.8, 4) is 0 Å². The van der Waals surface area contributed by atoms with Crippen LogP contribution in [0.3, 0.4) is 0 Å². The summed E-state index contributed by atoms with van der Waals surface area (Å²) in [5.74, 6) is 3.28. The Morgan fingerprint density at radius 1 is 1.07 bits per heavy atom. The summed E-state index contributed by atoms with van der Waals surface area (Å²) in [4.78, 5) is 0. The van der Waals surface area contributed by atoms with Gasteiger partial charge in [-0.25, -0.2) is 0 Å². The van der Waals surface area contributed by atoms with E-state index in [1.54, 1.807) is 0 Å². The van der Waals surface area contributed by atoms with Gasteiger partial charge in [0.1, 0.15) is 0 Å². The Kier molecular flexibility index (Phi) is 2.80. The van der Waals surface area contributed by atoms with E-state index < -0.39 is 0 Å². The monoisotopic (exact) mass is 188 g/mol. The number of aliphatic hydroxyl groups is 1. The minimum atomic E-state index is -0.257. The largest absolute Gasteiger partial charge is 1.00 e. The van der Waals surface area contributed by atoms with E-state index in [-0.39, 0.29) is 25.9 Å². The average molecular weight is 188 g/mol. The topological polar surface area (TPSA) is 20.2 Å². The maximum Gasteiger partial charge on any atom is 1.00 e.